The molecule has 0 aliphatic heterocycles. The number of nitrogens with one attached hydrogen (secondary N) is 1. The lowest BCUT2D eigenvalue weighted by molar-refractivity contribution is 0.121. The summed E-state index contributed by atoms with van der Waals surface area (Å²) in [6.45, 7) is 3.74. The number of carbonyl (C=O) groups excluding carboxylic acids is 1. The van der Waals surface area contributed by atoms with E-state index in [2.05, 4.69) is 5.32 Å². The van der Waals surface area contributed by atoms with Crippen LogP contribution in [0.1, 0.15) is 24.2 Å². The highest BCUT2D eigenvalue weighted by atomic mass is 35.5. The summed E-state index contributed by atoms with van der Waals surface area (Å²) in [5, 5.41) is 4.21. The molecule has 4 aromatic rings. The molecule has 1 heterocycles. The molecule has 1 aromatic heterocycles. The highest BCUT2D eigenvalue weighted by Gasteiger charge is 2.21. The van der Waals surface area contributed by atoms with Crippen molar-refractivity contribution in [1.29, 1.82) is 0 Å². The Labute approximate surface area is 181 Å². The highest BCUT2D eigenvalue weighted by Crippen LogP contribution is 2.39. The monoisotopic (exact) mass is 415 g/mol. The van der Waals surface area contributed by atoms with Crippen LogP contribution in [0, 0.1) is 6.92 Å². The van der Waals surface area contributed by atoms with Crippen molar-refractivity contribution in [3.05, 3.63) is 82.9 Å². The number of aryl methyl sites for hydroxylation is 1. The maximum atomic E-state index is 12.7. The van der Waals surface area contributed by atoms with Gasteiger partial charge in [0, 0.05) is 21.5 Å². The second-order valence-corrected chi connectivity index (χ2v) is 7.48. The quantitative estimate of drug-likeness (QED) is 0.406. The van der Waals surface area contributed by atoms with Gasteiger partial charge in [-0.25, -0.2) is 4.79 Å². The number of fused-ring (bicyclic) bond motifs is 1. The standard InChI is InChI=1S/C24H19BClNO3/c1-14-6-5-8-19-21(23(30-22(14)19)16-10-12-17(25)13-11-16)27-24(28)29-15(2)18-7-3-4-9-20(18)26/h3-13,15H,1-2H3,(H,27,28). The number of furan rings is 1. The minimum Gasteiger partial charge on any atom is -0.454 e. The number of hydrogen-bond donors (Lipinski definition) is 1. The van der Waals surface area contributed by atoms with Gasteiger partial charge in [-0.05, 0) is 31.5 Å². The summed E-state index contributed by atoms with van der Waals surface area (Å²) in [5.74, 6) is 0.543. The first-order chi connectivity index (χ1) is 14.4. The Kier molecular flexibility index (Phi) is 5.56. The largest absolute Gasteiger partial charge is 0.454 e. The third-order valence-electron chi connectivity index (χ3n) is 4.94. The molecule has 2 radical (unpaired) electrons. The molecule has 1 atom stereocenters. The fraction of sp³-hybridized carbons (Fsp3) is 0.125. The van der Waals surface area contributed by atoms with Crippen molar-refractivity contribution in [1.82, 2.24) is 0 Å². The average Bonchev–Trinajstić information content (AvgIpc) is 3.08. The van der Waals surface area contributed by atoms with Crippen molar-refractivity contribution in [2.24, 2.45) is 0 Å². The number of anilines is 1. The van der Waals surface area contributed by atoms with E-state index in [1.165, 1.54) is 0 Å². The zero-order valence-electron chi connectivity index (χ0n) is 16.6. The molecule has 6 heteroatoms. The minimum absolute atomic E-state index is 0.515. The maximum Gasteiger partial charge on any atom is 0.412 e. The van der Waals surface area contributed by atoms with Crippen molar-refractivity contribution in [2.45, 2.75) is 20.0 Å². The van der Waals surface area contributed by atoms with Crippen LogP contribution in [-0.2, 0) is 4.74 Å². The van der Waals surface area contributed by atoms with Gasteiger partial charge in [-0.1, -0.05) is 71.7 Å². The van der Waals surface area contributed by atoms with Gasteiger partial charge in [-0.3, -0.25) is 5.32 Å². The van der Waals surface area contributed by atoms with Crippen molar-refractivity contribution < 1.29 is 13.9 Å². The number of amides is 1. The maximum absolute atomic E-state index is 12.7. The van der Waals surface area contributed by atoms with Crippen molar-refractivity contribution >= 4 is 47.7 Å². The number of hydrogen-bond acceptors (Lipinski definition) is 3. The van der Waals surface area contributed by atoms with Crippen LogP contribution in [0.4, 0.5) is 10.5 Å². The molecule has 1 amide bonds. The third kappa shape index (κ3) is 3.94. The smallest absolute Gasteiger partial charge is 0.412 e. The predicted molar refractivity (Wildman–Crippen MR) is 122 cm³/mol. The van der Waals surface area contributed by atoms with E-state index in [9.17, 15) is 4.79 Å². The molecule has 4 rings (SSSR count). The summed E-state index contributed by atoms with van der Waals surface area (Å²) in [6.07, 6.45) is -1.11. The van der Waals surface area contributed by atoms with E-state index < -0.39 is 12.2 Å². The second-order valence-electron chi connectivity index (χ2n) is 7.07. The lowest BCUT2D eigenvalue weighted by Crippen LogP contribution is -2.16. The van der Waals surface area contributed by atoms with Crippen LogP contribution in [0.5, 0.6) is 0 Å². The molecule has 30 heavy (non-hydrogen) atoms. The highest BCUT2D eigenvalue weighted by molar-refractivity contribution is 6.32. The van der Waals surface area contributed by atoms with Crippen LogP contribution in [0.25, 0.3) is 22.3 Å². The number of ether oxygens (including phenoxy) is 1. The van der Waals surface area contributed by atoms with Gasteiger partial charge in [0.05, 0.1) is 5.69 Å². The van der Waals surface area contributed by atoms with Gasteiger partial charge in [0.15, 0.2) is 5.76 Å². The second kappa shape index (κ2) is 8.29. The van der Waals surface area contributed by atoms with Gasteiger partial charge < -0.3 is 9.15 Å². The SMILES string of the molecule is [B]c1ccc(-c2oc3c(C)cccc3c2NC(=O)OC(C)c2ccccc2Cl)cc1. The molecule has 0 spiro atoms. The Balaban J connectivity index is 1.68. The molecule has 4 nitrogen and oxygen atoms in total. The van der Waals surface area contributed by atoms with Gasteiger partial charge in [0.2, 0.25) is 0 Å². The van der Waals surface area contributed by atoms with Crippen LogP contribution in [0.2, 0.25) is 5.02 Å². The first-order valence-electron chi connectivity index (χ1n) is 9.54. The molecule has 0 bridgehead atoms. The summed E-state index contributed by atoms with van der Waals surface area (Å²) < 4.78 is 11.7. The zero-order valence-corrected chi connectivity index (χ0v) is 17.4. The lowest BCUT2D eigenvalue weighted by Gasteiger charge is -2.15. The number of benzene rings is 3. The van der Waals surface area contributed by atoms with Gasteiger partial charge in [0.1, 0.15) is 19.5 Å². The summed E-state index contributed by atoms with van der Waals surface area (Å²) in [6, 6.07) is 20.3. The van der Waals surface area contributed by atoms with E-state index >= 15 is 0 Å². The Bertz CT molecular complexity index is 1220. The molecule has 1 N–H and O–H groups in total. The predicted octanol–water partition coefficient (Wildman–Crippen LogP) is 6.17. The van der Waals surface area contributed by atoms with Crippen LogP contribution in [0.15, 0.2) is 71.1 Å². The summed E-state index contributed by atoms with van der Waals surface area (Å²) in [7, 11) is 5.81. The molecule has 0 aliphatic carbocycles. The van der Waals surface area contributed by atoms with Crippen molar-refractivity contribution in [3.63, 3.8) is 0 Å². The lowest BCUT2D eigenvalue weighted by atomic mass is 9.95. The number of rotatable bonds is 4. The van der Waals surface area contributed by atoms with E-state index in [-0.39, 0.29) is 0 Å². The molecular weight excluding hydrogens is 397 g/mol. The van der Waals surface area contributed by atoms with Gasteiger partial charge >= 0.3 is 6.09 Å². The molecule has 3 aromatic carbocycles. The fourth-order valence-corrected chi connectivity index (χ4v) is 3.67. The zero-order chi connectivity index (χ0) is 21.3. The number of para-hydroxylation sites is 1. The summed E-state index contributed by atoms with van der Waals surface area (Å²) in [4.78, 5) is 12.7. The topological polar surface area (TPSA) is 51.5 Å². The van der Waals surface area contributed by atoms with Crippen LogP contribution >= 0.6 is 11.6 Å². The molecule has 148 valence electrons. The molecule has 0 aliphatic rings. The Morgan fingerprint density at radius 3 is 2.53 bits per heavy atom. The van der Waals surface area contributed by atoms with Crippen LogP contribution in [-0.4, -0.2) is 13.9 Å². The Morgan fingerprint density at radius 2 is 1.80 bits per heavy atom. The van der Waals surface area contributed by atoms with Crippen LogP contribution in [0.3, 0.4) is 0 Å². The Hall–Kier alpha value is -3.18. The minimum atomic E-state index is -0.594. The van der Waals surface area contributed by atoms with Gasteiger partial charge in [-0.2, -0.15) is 0 Å². The van der Waals surface area contributed by atoms with E-state index in [1.54, 1.807) is 25.1 Å². The summed E-state index contributed by atoms with van der Waals surface area (Å²) in [5.41, 5.74) is 4.41. The first-order valence-corrected chi connectivity index (χ1v) is 9.92. The molecular formula is C24H19BClNO3. The Morgan fingerprint density at radius 1 is 1.07 bits per heavy atom. The fourth-order valence-electron chi connectivity index (χ4n) is 3.38. The van der Waals surface area contributed by atoms with E-state index in [0.717, 1.165) is 22.1 Å². The third-order valence-corrected chi connectivity index (χ3v) is 5.28. The normalized spacial score (nSPS) is 12.0. The molecule has 1 unspecified atom stereocenters. The number of carbonyl (C=O) groups is 1. The first kappa shape index (κ1) is 20.1. The summed E-state index contributed by atoms with van der Waals surface area (Å²) >= 11 is 6.22. The molecule has 0 fully saturated rings. The van der Waals surface area contributed by atoms with Gasteiger partial charge in [-0.15, -0.1) is 0 Å². The van der Waals surface area contributed by atoms with Crippen molar-refractivity contribution in [3.8, 4) is 11.3 Å². The van der Waals surface area contributed by atoms with Crippen LogP contribution < -0.4 is 10.8 Å². The molecule has 0 saturated carbocycles. The van der Waals surface area contributed by atoms with E-state index in [0.29, 0.717) is 27.5 Å². The number of halogens is 1. The van der Waals surface area contributed by atoms with E-state index in [4.69, 9.17) is 28.6 Å². The van der Waals surface area contributed by atoms with Gasteiger partial charge in [0.25, 0.3) is 0 Å². The average molecular weight is 416 g/mol. The molecule has 0 saturated heterocycles. The van der Waals surface area contributed by atoms with E-state index in [1.807, 2.05) is 55.5 Å². The van der Waals surface area contributed by atoms with Crippen molar-refractivity contribution in [2.75, 3.05) is 5.32 Å².